The van der Waals surface area contributed by atoms with E-state index in [0.29, 0.717) is 38.2 Å². The number of ether oxygens (including phenoxy) is 1. The largest absolute Gasteiger partial charge is 0.352 e. The first kappa shape index (κ1) is 20.0. The molecule has 1 fully saturated rings. The summed E-state index contributed by atoms with van der Waals surface area (Å²) in [4.78, 5) is 17.3. The lowest BCUT2D eigenvalue weighted by Gasteiger charge is -2.45. The van der Waals surface area contributed by atoms with E-state index in [-0.39, 0.29) is 5.91 Å². The van der Waals surface area contributed by atoms with Crippen molar-refractivity contribution >= 4 is 21.8 Å². The minimum absolute atomic E-state index is 0.224. The van der Waals surface area contributed by atoms with Gasteiger partial charge in [0.25, 0.3) is 16.1 Å². The van der Waals surface area contributed by atoms with Crippen LogP contribution in [0.25, 0.3) is 0 Å². The molecule has 0 aliphatic carbocycles. The summed E-state index contributed by atoms with van der Waals surface area (Å²) in [5.41, 5.74) is -0.0721. The third-order valence-corrected chi connectivity index (χ3v) is 7.45. The summed E-state index contributed by atoms with van der Waals surface area (Å²) in [6, 6.07) is 9.24. The zero-order valence-corrected chi connectivity index (χ0v) is 17.3. The number of nitrogens with one attached hydrogen (secondary N) is 1. The first-order valence-electron chi connectivity index (χ1n) is 9.55. The normalized spacial score (nSPS) is 21.8. The second-order valence-corrected chi connectivity index (χ2v) is 9.69. The van der Waals surface area contributed by atoms with Crippen LogP contribution in [-0.4, -0.2) is 65.8 Å². The maximum Gasteiger partial charge on any atom is 0.281 e. The van der Waals surface area contributed by atoms with E-state index in [0.717, 1.165) is 5.82 Å². The monoisotopic (exact) mass is 419 g/mol. The first-order valence-corrected chi connectivity index (χ1v) is 10.9. The standard InChI is InChI=1S/C19H25N5O4S/c1-22(2)29(26,27)24-11-8-19(9-12-24)18-20-10-13-23(18)14-16(28-19)17(25)21-15-6-4-3-5-7-15/h3-7,10,13,16H,8-9,11-12,14H2,1-2H3,(H,21,25)/t16-/m1/s1. The summed E-state index contributed by atoms with van der Waals surface area (Å²) in [7, 11) is -0.443. The fourth-order valence-corrected chi connectivity index (χ4v) is 5.03. The number of carbonyl (C=O) groups is 1. The number of anilines is 1. The van der Waals surface area contributed by atoms with Crippen molar-refractivity contribution < 1.29 is 17.9 Å². The van der Waals surface area contributed by atoms with Gasteiger partial charge in [0, 0.05) is 45.3 Å². The van der Waals surface area contributed by atoms with Crippen LogP contribution in [0.5, 0.6) is 0 Å². The minimum atomic E-state index is -3.49. The van der Waals surface area contributed by atoms with Gasteiger partial charge in [-0.15, -0.1) is 0 Å². The molecule has 1 saturated heterocycles. The molecule has 1 spiro atoms. The van der Waals surface area contributed by atoms with Gasteiger partial charge in [0.15, 0.2) is 6.10 Å². The van der Waals surface area contributed by atoms with Crippen molar-refractivity contribution in [2.24, 2.45) is 0 Å². The number of aromatic nitrogens is 2. The van der Waals surface area contributed by atoms with Crippen LogP contribution in [0.4, 0.5) is 5.69 Å². The number of fused-ring (bicyclic) bond motifs is 2. The maximum absolute atomic E-state index is 12.9. The Labute approximate surface area is 170 Å². The second kappa shape index (κ2) is 7.52. The summed E-state index contributed by atoms with van der Waals surface area (Å²) in [6.07, 6.45) is 3.72. The van der Waals surface area contributed by atoms with E-state index in [9.17, 15) is 13.2 Å². The third-order valence-electron chi connectivity index (χ3n) is 5.50. The van der Waals surface area contributed by atoms with Crippen molar-refractivity contribution in [3.8, 4) is 0 Å². The third kappa shape index (κ3) is 3.68. The van der Waals surface area contributed by atoms with E-state index >= 15 is 0 Å². The Morgan fingerprint density at radius 3 is 2.59 bits per heavy atom. The molecule has 0 saturated carbocycles. The van der Waals surface area contributed by atoms with Gasteiger partial charge in [0.2, 0.25) is 0 Å². The van der Waals surface area contributed by atoms with Gasteiger partial charge in [0.05, 0.1) is 6.54 Å². The predicted octanol–water partition coefficient (Wildman–Crippen LogP) is 1.02. The van der Waals surface area contributed by atoms with E-state index < -0.39 is 21.9 Å². The Kier molecular flexibility index (Phi) is 5.19. The van der Waals surface area contributed by atoms with Gasteiger partial charge in [0.1, 0.15) is 11.4 Å². The van der Waals surface area contributed by atoms with E-state index in [1.54, 1.807) is 6.20 Å². The average molecular weight is 420 g/mol. The molecule has 0 bridgehead atoms. The van der Waals surface area contributed by atoms with Gasteiger partial charge in [-0.05, 0) is 25.0 Å². The lowest BCUT2D eigenvalue weighted by Crippen LogP contribution is -2.55. The smallest absolute Gasteiger partial charge is 0.281 e. The SMILES string of the molecule is CN(C)S(=O)(=O)N1CCC2(CC1)O[C@@H](C(=O)Nc1ccccc1)Cn1ccnc12. The second-order valence-electron chi connectivity index (χ2n) is 7.55. The highest BCUT2D eigenvalue weighted by Gasteiger charge is 2.48. The van der Waals surface area contributed by atoms with E-state index in [2.05, 4.69) is 10.3 Å². The molecule has 0 unspecified atom stereocenters. The van der Waals surface area contributed by atoms with E-state index in [1.807, 2.05) is 41.1 Å². The van der Waals surface area contributed by atoms with E-state index in [4.69, 9.17) is 4.74 Å². The van der Waals surface area contributed by atoms with E-state index in [1.165, 1.54) is 22.7 Å². The molecule has 1 amide bonds. The van der Waals surface area contributed by atoms with Crippen molar-refractivity contribution in [1.29, 1.82) is 0 Å². The topological polar surface area (TPSA) is 96.8 Å². The van der Waals surface area contributed by atoms with Crippen molar-refractivity contribution in [1.82, 2.24) is 18.2 Å². The summed E-state index contributed by atoms with van der Waals surface area (Å²) in [5, 5.41) is 2.89. The van der Waals surface area contributed by atoms with Crippen LogP contribution in [0, 0.1) is 0 Å². The van der Waals surface area contributed by atoms with Crippen LogP contribution in [-0.2, 0) is 31.9 Å². The fourth-order valence-electron chi connectivity index (χ4n) is 3.93. The van der Waals surface area contributed by atoms with Crippen molar-refractivity contribution in [2.75, 3.05) is 32.5 Å². The van der Waals surface area contributed by atoms with Crippen LogP contribution >= 0.6 is 0 Å². The number of piperidine rings is 1. The van der Waals surface area contributed by atoms with Gasteiger partial charge in [-0.2, -0.15) is 17.0 Å². The summed E-state index contributed by atoms with van der Waals surface area (Å²) < 4.78 is 35.8. The molecule has 1 N–H and O–H groups in total. The van der Waals surface area contributed by atoms with Crippen LogP contribution in [0.15, 0.2) is 42.7 Å². The number of amides is 1. The van der Waals surface area contributed by atoms with Crippen LogP contribution in [0.3, 0.4) is 0 Å². The number of carbonyl (C=O) groups excluding carboxylic acids is 1. The van der Waals surface area contributed by atoms with Crippen molar-refractivity contribution in [3.05, 3.63) is 48.5 Å². The number of nitrogens with zero attached hydrogens (tertiary/aromatic N) is 4. The molecule has 2 aliphatic rings. The molecule has 0 radical (unpaired) electrons. The Bertz CT molecular complexity index is 981. The van der Waals surface area contributed by atoms with Gasteiger partial charge in [-0.3, -0.25) is 4.79 Å². The zero-order chi connectivity index (χ0) is 20.6. The lowest BCUT2D eigenvalue weighted by atomic mass is 9.89. The molecule has 3 heterocycles. The number of imidazole rings is 1. The highest BCUT2D eigenvalue weighted by Crippen LogP contribution is 2.40. The highest BCUT2D eigenvalue weighted by atomic mass is 32.2. The van der Waals surface area contributed by atoms with Crippen LogP contribution < -0.4 is 5.32 Å². The lowest BCUT2D eigenvalue weighted by molar-refractivity contribution is -0.166. The first-order chi connectivity index (χ1) is 13.8. The molecule has 156 valence electrons. The van der Waals surface area contributed by atoms with Crippen molar-refractivity contribution in [3.63, 3.8) is 0 Å². The Balaban J connectivity index is 1.54. The summed E-state index contributed by atoms with van der Waals surface area (Å²) in [6.45, 7) is 0.982. The number of hydrogen-bond donors (Lipinski definition) is 1. The molecule has 4 rings (SSSR count). The molecule has 1 aromatic carbocycles. The molecule has 1 aromatic heterocycles. The predicted molar refractivity (Wildman–Crippen MR) is 107 cm³/mol. The van der Waals surface area contributed by atoms with Crippen molar-refractivity contribution in [2.45, 2.75) is 31.1 Å². The van der Waals surface area contributed by atoms with Gasteiger partial charge in [-0.1, -0.05) is 18.2 Å². The van der Waals surface area contributed by atoms with Gasteiger partial charge < -0.3 is 14.6 Å². The quantitative estimate of drug-likeness (QED) is 0.798. The number of hydrogen-bond acceptors (Lipinski definition) is 5. The number of rotatable bonds is 4. The Hall–Kier alpha value is -2.27. The summed E-state index contributed by atoms with van der Waals surface area (Å²) >= 11 is 0. The summed E-state index contributed by atoms with van der Waals surface area (Å²) in [5.74, 6) is 0.529. The molecule has 29 heavy (non-hydrogen) atoms. The maximum atomic E-state index is 12.9. The van der Waals surface area contributed by atoms with Crippen LogP contribution in [0.2, 0.25) is 0 Å². The molecule has 9 nitrogen and oxygen atoms in total. The molecular formula is C19H25N5O4S. The Morgan fingerprint density at radius 1 is 1.24 bits per heavy atom. The minimum Gasteiger partial charge on any atom is -0.352 e. The molecular weight excluding hydrogens is 394 g/mol. The van der Waals surface area contributed by atoms with Gasteiger partial charge >= 0.3 is 0 Å². The molecule has 2 aliphatic heterocycles. The Morgan fingerprint density at radius 2 is 1.93 bits per heavy atom. The molecule has 10 heteroatoms. The fraction of sp³-hybridized carbons (Fsp3) is 0.474. The average Bonchev–Trinajstić information content (AvgIpc) is 3.19. The molecule has 1 atom stereocenters. The van der Waals surface area contributed by atoms with Crippen LogP contribution in [0.1, 0.15) is 18.7 Å². The number of para-hydroxylation sites is 1. The highest BCUT2D eigenvalue weighted by molar-refractivity contribution is 7.86. The zero-order valence-electron chi connectivity index (χ0n) is 16.5. The number of benzene rings is 1. The molecule has 2 aromatic rings. The van der Waals surface area contributed by atoms with Gasteiger partial charge in [-0.25, -0.2) is 4.98 Å².